The van der Waals surface area contributed by atoms with Gasteiger partial charge in [0, 0.05) is 23.3 Å². The zero-order valence-corrected chi connectivity index (χ0v) is 16.4. The lowest BCUT2D eigenvalue weighted by atomic mass is 9.77. The third kappa shape index (κ3) is 4.22. The van der Waals surface area contributed by atoms with E-state index in [1.165, 1.54) is 28.4 Å². The van der Waals surface area contributed by atoms with Gasteiger partial charge < -0.3 is 18.9 Å². The second-order valence-electron chi connectivity index (χ2n) is 6.49. The lowest BCUT2D eigenvalue weighted by Crippen LogP contribution is -2.33. The van der Waals surface area contributed by atoms with Gasteiger partial charge in [0.2, 0.25) is 0 Å². The fourth-order valence-electron chi connectivity index (χ4n) is 2.70. The van der Waals surface area contributed by atoms with Crippen LogP contribution >= 0.6 is 0 Å². The topological polar surface area (TPSA) is 71.1 Å². The quantitative estimate of drug-likeness (QED) is 0.518. The van der Waals surface area contributed by atoms with Crippen molar-refractivity contribution in [3.63, 3.8) is 0 Å². The van der Waals surface area contributed by atoms with Crippen molar-refractivity contribution >= 4 is 11.6 Å². The third-order valence-electron chi connectivity index (χ3n) is 4.36. The number of methoxy groups -OCH3 is 4. The maximum Gasteiger partial charge on any atom is 0.176 e. The number of Topliss-reactive ketones (excluding diaryl/α,β-unsaturated/α-hetero) is 2. The van der Waals surface area contributed by atoms with Crippen molar-refractivity contribution in [1.82, 2.24) is 0 Å². The normalized spacial score (nSPS) is 10.9. The Hall–Kier alpha value is -3.02. The summed E-state index contributed by atoms with van der Waals surface area (Å²) in [5, 5.41) is 0. The number of hydrogen-bond acceptors (Lipinski definition) is 6. The Labute approximate surface area is 159 Å². The molecule has 2 rings (SSSR count). The van der Waals surface area contributed by atoms with Crippen LogP contribution in [0.3, 0.4) is 0 Å². The van der Waals surface area contributed by atoms with Crippen LogP contribution in [0.1, 0.15) is 34.6 Å². The van der Waals surface area contributed by atoms with Crippen LogP contribution in [0.15, 0.2) is 36.4 Å². The Morgan fingerprint density at radius 1 is 0.593 bits per heavy atom. The molecule has 0 unspecified atom stereocenters. The van der Waals surface area contributed by atoms with Crippen LogP contribution in [-0.2, 0) is 0 Å². The molecule has 6 nitrogen and oxygen atoms in total. The smallest absolute Gasteiger partial charge is 0.176 e. The van der Waals surface area contributed by atoms with E-state index in [4.69, 9.17) is 18.9 Å². The second-order valence-corrected chi connectivity index (χ2v) is 6.49. The first-order valence-electron chi connectivity index (χ1n) is 8.32. The fraction of sp³-hybridized carbons (Fsp3) is 0.333. The first-order chi connectivity index (χ1) is 12.8. The number of rotatable bonds is 8. The minimum atomic E-state index is -1.31. The van der Waals surface area contributed by atoms with Crippen molar-refractivity contribution in [2.45, 2.75) is 13.8 Å². The summed E-state index contributed by atoms with van der Waals surface area (Å²) in [7, 11) is 6.01. The zero-order chi connectivity index (χ0) is 20.2. The first kappa shape index (κ1) is 20.3. The van der Waals surface area contributed by atoms with Gasteiger partial charge in [-0.15, -0.1) is 0 Å². The Kier molecular flexibility index (Phi) is 6.10. The summed E-state index contributed by atoms with van der Waals surface area (Å²) in [4.78, 5) is 26.3. The molecule has 0 spiro atoms. The number of ketones is 2. The van der Waals surface area contributed by atoms with Gasteiger partial charge in [-0.25, -0.2) is 0 Å². The molecule has 2 aromatic rings. The Bertz CT molecular complexity index is 740. The molecule has 0 saturated heterocycles. The van der Waals surface area contributed by atoms with E-state index in [1.54, 1.807) is 50.2 Å². The molecule has 0 aromatic heterocycles. The van der Waals surface area contributed by atoms with Crippen molar-refractivity contribution in [3.8, 4) is 23.0 Å². The molecule has 0 radical (unpaired) electrons. The lowest BCUT2D eigenvalue weighted by Gasteiger charge is -2.23. The minimum absolute atomic E-state index is 0.333. The van der Waals surface area contributed by atoms with E-state index in [1.807, 2.05) is 0 Å². The molecule has 0 N–H and O–H groups in total. The maximum atomic E-state index is 13.1. The molecule has 0 fully saturated rings. The van der Waals surface area contributed by atoms with E-state index in [0.29, 0.717) is 34.1 Å². The van der Waals surface area contributed by atoms with Gasteiger partial charge in [0.05, 0.1) is 33.9 Å². The lowest BCUT2D eigenvalue weighted by molar-refractivity contribution is 0.0710. The second kappa shape index (κ2) is 8.12. The SMILES string of the molecule is COc1cc(OC)cc(C(=O)C(C)(C)C(=O)c2cc(OC)cc(OC)c2)c1. The summed E-state index contributed by atoms with van der Waals surface area (Å²) < 4.78 is 20.9. The number of hydrogen-bond donors (Lipinski definition) is 0. The Morgan fingerprint density at radius 3 is 1.07 bits per heavy atom. The highest BCUT2D eigenvalue weighted by Crippen LogP contribution is 2.33. The van der Waals surface area contributed by atoms with Crippen LogP contribution in [0.25, 0.3) is 0 Å². The fourth-order valence-corrected chi connectivity index (χ4v) is 2.70. The molecule has 6 heteroatoms. The summed E-state index contributed by atoms with van der Waals surface area (Å²) in [6, 6.07) is 9.69. The average molecular weight is 372 g/mol. The number of carbonyl (C=O) groups excluding carboxylic acids is 2. The van der Waals surface area contributed by atoms with Crippen LogP contribution in [0, 0.1) is 5.41 Å². The summed E-state index contributed by atoms with van der Waals surface area (Å²) in [6.07, 6.45) is 0. The molecule has 0 heterocycles. The van der Waals surface area contributed by atoms with Crippen molar-refractivity contribution in [1.29, 1.82) is 0 Å². The standard InChI is InChI=1S/C21H24O6/c1-21(2,19(22)13-7-15(24-3)11-16(8-13)25-4)20(23)14-9-17(26-5)12-18(10-14)27-6/h7-12H,1-6H3. The summed E-state index contributed by atoms with van der Waals surface area (Å²) >= 11 is 0. The van der Waals surface area contributed by atoms with Crippen LogP contribution in [0.5, 0.6) is 23.0 Å². The molecule has 0 aliphatic carbocycles. The van der Waals surface area contributed by atoms with Gasteiger partial charge in [-0.3, -0.25) is 9.59 Å². The third-order valence-corrected chi connectivity index (χ3v) is 4.36. The van der Waals surface area contributed by atoms with Gasteiger partial charge >= 0.3 is 0 Å². The van der Waals surface area contributed by atoms with Crippen molar-refractivity contribution < 1.29 is 28.5 Å². The molecule has 0 amide bonds. The monoisotopic (exact) mass is 372 g/mol. The van der Waals surface area contributed by atoms with E-state index in [0.717, 1.165) is 0 Å². The molecule has 144 valence electrons. The molecule has 2 aromatic carbocycles. The molecule has 0 aliphatic heterocycles. The van der Waals surface area contributed by atoms with E-state index in [2.05, 4.69) is 0 Å². The van der Waals surface area contributed by atoms with Crippen LogP contribution in [0.4, 0.5) is 0 Å². The molecule has 0 aliphatic rings. The van der Waals surface area contributed by atoms with Crippen molar-refractivity contribution in [3.05, 3.63) is 47.5 Å². The van der Waals surface area contributed by atoms with Gasteiger partial charge in [-0.05, 0) is 38.1 Å². The minimum Gasteiger partial charge on any atom is -0.497 e. The summed E-state index contributed by atoms with van der Waals surface area (Å²) in [6.45, 7) is 3.19. The number of benzene rings is 2. The van der Waals surface area contributed by atoms with Crippen molar-refractivity contribution in [2.75, 3.05) is 28.4 Å². The average Bonchev–Trinajstić information content (AvgIpc) is 2.71. The van der Waals surface area contributed by atoms with E-state index in [9.17, 15) is 9.59 Å². The van der Waals surface area contributed by atoms with Gasteiger partial charge in [-0.2, -0.15) is 0 Å². The molecule has 0 bridgehead atoms. The molecular formula is C21H24O6. The van der Waals surface area contributed by atoms with Crippen LogP contribution < -0.4 is 18.9 Å². The number of carbonyl (C=O) groups is 2. The first-order valence-corrected chi connectivity index (χ1v) is 8.32. The summed E-state index contributed by atoms with van der Waals surface area (Å²) in [5.74, 6) is 1.22. The predicted octanol–water partition coefficient (Wildman–Crippen LogP) is 3.81. The molecule has 0 atom stereocenters. The zero-order valence-electron chi connectivity index (χ0n) is 16.4. The highest BCUT2D eigenvalue weighted by molar-refractivity contribution is 6.19. The van der Waals surface area contributed by atoms with Gasteiger partial charge in [0.15, 0.2) is 11.6 Å². The maximum absolute atomic E-state index is 13.1. The predicted molar refractivity (Wildman–Crippen MR) is 102 cm³/mol. The van der Waals surface area contributed by atoms with E-state index >= 15 is 0 Å². The van der Waals surface area contributed by atoms with Gasteiger partial charge in [-0.1, -0.05) is 0 Å². The summed E-state index contributed by atoms with van der Waals surface area (Å²) in [5.41, 5.74) is -0.645. The molecular weight excluding hydrogens is 348 g/mol. The Morgan fingerprint density at radius 2 is 0.852 bits per heavy atom. The van der Waals surface area contributed by atoms with E-state index < -0.39 is 5.41 Å². The highest BCUT2D eigenvalue weighted by atomic mass is 16.5. The number of ether oxygens (including phenoxy) is 4. The largest absolute Gasteiger partial charge is 0.497 e. The van der Waals surface area contributed by atoms with Crippen LogP contribution in [-0.4, -0.2) is 40.0 Å². The van der Waals surface area contributed by atoms with Gasteiger partial charge in [0.1, 0.15) is 23.0 Å². The highest BCUT2D eigenvalue weighted by Gasteiger charge is 2.38. The molecule has 27 heavy (non-hydrogen) atoms. The van der Waals surface area contributed by atoms with E-state index in [-0.39, 0.29) is 11.6 Å². The van der Waals surface area contributed by atoms with Crippen molar-refractivity contribution in [2.24, 2.45) is 5.41 Å². The molecule has 0 saturated carbocycles. The van der Waals surface area contributed by atoms with Crippen LogP contribution in [0.2, 0.25) is 0 Å². The van der Waals surface area contributed by atoms with Gasteiger partial charge in [0.25, 0.3) is 0 Å². The Balaban J connectivity index is 2.45.